The monoisotopic (exact) mass is 213 g/mol. The maximum atomic E-state index is 5.93. The van der Waals surface area contributed by atoms with Crippen LogP contribution in [0.5, 0.6) is 0 Å². The fraction of sp³-hybridized carbons (Fsp3) is 0.154. The Morgan fingerprint density at radius 1 is 1.12 bits per heavy atom. The second-order valence-electron chi connectivity index (χ2n) is 3.50. The van der Waals surface area contributed by atoms with Gasteiger partial charge >= 0.3 is 0 Å². The summed E-state index contributed by atoms with van der Waals surface area (Å²) >= 11 is 0. The molecule has 0 spiro atoms. The molecule has 0 aliphatic rings. The van der Waals surface area contributed by atoms with E-state index >= 15 is 0 Å². The number of rotatable bonds is 3. The van der Waals surface area contributed by atoms with Gasteiger partial charge in [0.05, 0.1) is 5.69 Å². The molecule has 0 amide bonds. The average molecular weight is 213 g/mol. The van der Waals surface area contributed by atoms with Crippen molar-refractivity contribution in [2.45, 2.75) is 6.92 Å². The van der Waals surface area contributed by atoms with Crippen LogP contribution < -0.4 is 10.6 Å². The van der Waals surface area contributed by atoms with Gasteiger partial charge in [0, 0.05) is 18.4 Å². The largest absolute Gasteiger partial charge is 0.396 e. The zero-order valence-electron chi connectivity index (χ0n) is 9.30. The number of nitrogens with zero attached hydrogens (tertiary/aromatic N) is 2. The number of pyridine rings is 1. The van der Waals surface area contributed by atoms with Gasteiger partial charge in [0.25, 0.3) is 0 Å². The molecular formula is C13H15N3. The highest BCUT2D eigenvalue weighted by molar-refractivity contribution is 5.70. The third kappa shape index (κ3) is 1.98. The summed E-state index contributed by atoms with van der Waals surface area (Å²) in [6, 6.07) is 13.8. The Bertz CT molecular complexity index is 454. The van der Waals surface area contributed by atoms with Gasteiger partial charge in [-0.05, 0) is 31.2 Å². The molecule has 0 aliphatic carbocycles. The molecular weight excluding hydrogens is 198 g/mol. The highest BCUT2D eigenvalue weighted by Gasteiger charge is 2.10. The van der Waals surface area contributed by atoms with Gasteiger partial charge in [-0.3, -0.25) is 0 Å². The minimum atomic E-state index is 0.702. The number of para-hydroxylation sites is 1. The van der Waals surface area contributed by atoms with E-state index in [4.69, 9.17) is 5.73 Å². The zero-order chi connectivity index (χ0) is 11.4. The molecule has 16 heavy (non-hydrogen) atoms. The molecule has 1 heterocycles. The van der Waals surface area contributed by atoms with Gasteiger partial charge in [-0.15, -0.1) is 0 Å². The molecule has 3 nitrogen and oxygen atoms in total. The molecule has 3 heteroatoms. The van der Waals surface area contributed by atoms with Crippen LogP contribution in [-0.4, -0.2) is 11.5 Å². The SMILES string of the molecule is CCN(c1ccccc1)c1ncccc1N. The zero-order valence-corrected chi connectivity index (χ0v) is 9.30. The quantitative estimate of drug-likeness (QED) is 0.852. The first kappa shape index (κ1) is 10.5. The number of benzene rings is 1. The fourth-order valence-electron chi connectivity index (χ4n) is 1.70. The first-order valence-electron chi connectivity index (χ1n) is 5.36. The Balaban J connectivity index is 2.41. The Kier molecular flexibility index (Phi) is 3.05. The van der Waals surface area contributed by atoms with E-state index in [0.29, 0.717) is 5.69 Å². The van der Waals surface area contributed by atoms with Gasteiger partial charge in [-0.1, -0.05) is 18.2 Å². The standard InChI is InChI=1S/C13H15N3/c1-2-16(11-7-4-3-5-8-11)13-12(14)9-6-10-15-13/h3-10H,2,14H2,1H3. The molecule has 2 aromatic rings. The summed E-state index contributed by atoms with van der Waals surface area (Å²) < 4.78 is 0. The molecule has 0 bridgehead atoms. The van der Waals surface area contributed by atoms with Crippen LogP contribution in [0.4, 0.5) is 17.2 Å². The maximum Gasteiger partial charge on any atom is 0.156 e. The highest BCUT2D eigenvalue weighted by Crippen LogP contribution is 2.27. The average Bonchev–Trinajstić information content (AvgIpc) is 2.34. The normalized spacial score (nSPS) is 10.1. The summed E-state index contributed by atoms with van der Waals surface area (Å²) in [6.45, 7) is 2.92. The van der Waals surface area contributed by atoms with E-state index in [1.54, 1.807) is 6.20 Å². The smallest absolute Gasteiger partial charge is 0.156 e. The first-order chi connectivity index (χ1) is 7.83. The van der Waals surface area contributed by atoms with E-state index in [-0.39, 0.29) is 0 Å². The third-order valence-electron chi connectivity index (χ3n) is 2.46. The summed E-state index contributed by atoms with van der Waals surface area (Å²) in [5, 5.41) is 0. The van der Waals surface area contributed by atoms with E-state index in [0.717, 1.165) is 18.1 Å². The van der Waals surface area contributed by atoms with Crippen molar-refractivity contribution in [1.29, 1.82) is 0 Å². The first-order valence-corrected chi connectivity index (χ1v) is 5.36. The van der Waals surface area contributed by atoms with Gasteiger partial charge < -0.3 is 10.6 Å². The van der Waals surface area contributed by atoms with E-state index in [9.17, 15) is 0 Å². The Morgan fingerprint density at radius 2 is 1.88 bits per heavy atom. The van der Waals surface area contributed by atoms with Crippen LogP contribution >= 0.6 is 0 Å². The molecule has 0 radical (unpaired) electrons. The molecule has 0 saturated heterocycles. The number of hydrogen-bond donors (Lipinski definition) is 1. The van der Waals surface area contributed by atoms with Gasteiger partial charge in [0.1, 0.15) is 0 Å². The summed E-state index contributed by atoms with van der Waals surface area (Å²) in [6.07, 6.45) is 1.76. The highest BCUT2D eigenvalue weighted by atomic mass is 15.2. The second-order valence-corrected chi connectivity index (χ2v) is 3.50. The van der Waals surface area contributed by atoms with Crippen LogP contribution in [0.25, 0.3) is 0 Å². The van der Waals surface area contributed by atoms with Crippen molar-refractivity contribution in [2.24, 2.45) is 0 Å². The molecule has 0 saturated carbocycles. The molecule has 1 aromatic heterocycles. The molecule has 82 valence electrons. The van der Waals surface area contributed by atoms with Crippen molar-refractivity contribution in [1.82, 2.24) is 4.98 Å². The van der Waals surface area contributed by atoms with Crippen molar-refractivity contribution in [3.8, 4) is 0 Å². The summed E-state index contributed by atoms with van der Waals surface area (Å²) in [7, 11) is 0. The van der Waals surface area contributed by atoms with Crippen LogP contribution in [0.15, 0.2) is 48.7 Å². The number of aromatic nitrogens is 1. The predicted molar refractivity (Wildman–Crippen MR) is 67.8 cm³/mol. The molecule has 2 N–H and O–H groups in total. The second kappa shape index (κ2) is 4.66. The van der Waals surface area contributed by atoms with Crippen LogP contribution in [-0.2, 0) is 0 Å². The Morgan fingerprint density at radius 3 is 2.50 bits per heavy atom. The number of anilines is 3. The van der Waals surface area contributed by atoms with Gasteiger partial charge in [0.2, 0.25) is 0 Å². The van der Waals surface area contributed by atoms with Crippen molar-refractivity contribution in [3.63, 3.8) is 0 Å². The lowest BCUT2D eigenvalue weighted by Crippen LogP contribution is -2.18. The lowest BCUT2D eigenvalue weighted by Gasteiger charge is -2.23. The lowest BCUT2D eigenvalue weighted by atomic mass is 10.2. The maximum absolute atomic E-state index is 5.93. The number of nitrogens with two attached hydrogens (primary N) is 1. The molecule has 0 aliphatic heterocycles. The summed E-state index contributed by atoms with van der Waals surface area (Å²) in [4.78, 5) is 6.42. The number of hydrogen-bond acceptors (Lipinski definition) is 3. The van der Waals surface area contributed by atoms with Gasteiger partial charge in [-0.25, -0.2) is 4.98 Å². The van der Waals surface area contributed by atoms with E-state index in [1.165, 1.54) is 0 Å². The molecule has 1 aromatic carbocycles. The third-order valence-corrected chi connectivity index (χ3v) is 2.46. The fourth-order valence-corrected chi connectivity index (χ4v) is 1.70. The lowest BCUT2D eigenvalue weighted by molar-refractivity contribution is 0.992. The van der Waals surface area contributed by atoms with E-state index in [2.05, 4.69) is 28.9 Å². The molecule has 0 atom stereocenters. The van der Waals surface area contributed by atoms with Crippen LogP contribution in [0, 0.1) is 0 Å². The minimum Gasteiger partial charge on any atom is -0.396 e. The molecule has 0 unspecified atom stereocenters. The van der Waals surface area contributed by atoms with Gasteiger partial charge in [-0.2, -0.15) is 0 Å². The van der Waals surface area contributed by atoms with Crippen LogP contribution in [0.3, 0.4) is 0 Å². The summed E-state index contributed by atoms with van der Waals surface area (Å²) in [5.41, 5.74) is 7.74. The Hall–Kier alpha value is -2.03. The van der Waals surface area contributed by atoms with Crippen molar-refractivity contribution < 1.29 is 0 Å². The molecule has 2 rings (SSSR count). The minimum absolute atomic E-state index is 0.702. The van der Waals surface area contributed by atoms with Crippen molar-refractivity contribution in [2.75, 3.05) is 17.2 Å². The number of nitrogen functional groups attached to an aromatic ring is 1. The topological polar surface area (TPSA) is 42.2 Å². The van der Waals surface area contributed by atoms with E-state index < -0.39 is 0 Å². The van der Waals surface area contributed by atoms with E-state index in [1.807, 2.05) is 30.3 Å². The predicted octanol–water partition coefficient (Wildman–Crippen LogP) is 2.82. The Labute approximate surface area is 95.5 Å². The van der Waals surface area contributed by atoms with Crippen LogP contribution in [0.2, 0.25) is 0 Å². The van der Waals surface area contributed by atoms with Crippen molar-refractivity contribution >= 4 is 17.2 Å². The van der Waals surface area contributed by atoms with Crippen LogP contribution in [0.1, 0.15) is 6.92 Å². The van der Waals surface area contributed by atoms with Gasteiger partial charge in [0.15, 0.2) is 5.82 Å². The summed E-state index contributed by atoms with van der Waals surface area (Å²) in [5.74, 6) is 0.816. The van der Waals surface area contributed by atoms with Crippen molar-refractivity contribution in [3.05, 3.63) is 48.7 Å². The molecule has 0 fully saturated rings.